The average Bonchev–Trinajstić information content (AvgIpc) is 3.36. The number of aromatic nitrogens is 2. The molecule has 3 atom stereocenters. The predicted molar refractivity (Wildman–Crippen MR) is 139 cm³/mol. The monoisotopic (exact) mass is 496 g/mol. The summed E-state index contributed by atoms with van der Waals surface area (Å²) in [5.41, 5.74) is 1.25. The Labute approximate surface area is 214 Å². The number of carbonyl (C=O) groups excluding carboxylic acids is 1. The van der Waals surface area contributed by atoms with Crippen LogP contribution in [0.25, 0.3) is 0 Å². The van der Waals surface area contributed by atoms with Crippen molar-refractivity contribution < 1.29 is 14.3 Å². The number of aryl methyl sites for hydroxylation is 1. The highest BCUT2D eigenvalue weighted by atomic mass is 16.6. The molecule has 4 aromatic rings. The molecule has 1 fully saturated rings. The molecule has 3 unspecified atom stereocenters. The molecule has 0 aliphatic carbocycles. The summed E-state index contributed by atoms with van der Waals surface area (Å²) in [5, 5.41) is 0. The fourth-order valence-corrected chi connectivity index (χ4v) is 5.00. The van der Waals surface area contributed by atoms with Gasteiger partial charge in [-0.1, -0.05) is 91.0 Å². The number of nitrogens with zero attached hydrogens (tertiary/aromatic N) is 1. The number of aldehydes is 1. The van der Waals surface area contributed by atoms with Crippen LogP contribution in [0.5, 0.6) is 0 Å². The van der Waals surface area contributed by atoms with E-state index in [1.165, 1.54) is 10.8 Å². The molecule has 0 spiro atoms. The van der Waals surface area contributed by atoms with Crippen LogP contribution in [0.2, 0.25) is 0 Å². The summed E-state index contributed by atoms with van der Waals surface area (Å²) < 4.78 is 14.4. The van der Waals surface area contributed by atoms with Gasteiger partial charge in [0.05, 0.1) is 12.7 Å². The van der Waals surface area contributed by atoms with Crippen LogP contribution in [0.3, 0.4) is 0 Å². The molecule has 2 heterocycles. The van der Waals surface area contributed by atoms with Crippen molar-refractivity contribution in [3.8, 4) is 0 Å². The Morgan fingerprint density at radius 3 is 1.92 bits per heavy atom. The summed E-state index contributed by atoms with van der Waals surface area (Å²) in [6, 6.07) is 29.9. The molecule has 0 radical (unpaired) electrons. The smallest absolute Gasteiger partial charge is 0.330 e. The summed E-state index contributed by atoms with van der Waals surface area (Å²) in [6.45, 7) is 1.73. The van der Waals surface area contributed by atoms with Gasteiger partial charge in [0, 0.05) is 24.1 Å². The van der Waals surface area contributed by atoms with Crippen molar-refractivity contribution in [1.82, 2.24) is 9.55 Å². The number of aromatic amines is 1. The van der Waals surface area contributed by atoms with E-state index in [9.17, 15) is 14.4 Å². The molecule has 0 saturated carbocycles. The second-order valence-electron chi connectivity index (χ2n) is 9.23. The van der Waals surface area contributed by atoms with Crippen LogP contribution in [0.15, 0.2) is 107 Å². The van der Waals surface area contributed by atoms with Gasteiger partial charge in [-0.15, -0.1) is 0 Å². The van der Waals surface area contributed by atoms with Gasteiger partial charge in [-0.05, 0) is 23.6 Å². The van der Waals surface area contributed by atoms with Gasteiger partial charge in [0.25, 0.3) is 5.56 Å². The number of benzene rings is 3. The summed E-state index contributed by atoms with van der Waals surface area (Å²) >= 11 is 0. The van der Waals surface area contributed by atoms with Crippen LogP contribution in [0.4, 0.5) is 0 Å². The molecule has 188 valence electrons. The highest BCUT2D eigenvalue weighted by Gasteiger charge is 2.42. The van der Waals surface area contributed by atoms with E-state index >= 15 is 0 Å². The zero-order valence-corrected chi connectivity index (χ0v) is 20.4. The van der Waals surface area contributed by atoms with Gasteiger partial charge < -0.3 is 14.3 Å². The molecule has 1 N–H and O–H groups in total. The lowest BCUT2D eigenvalue weighted by Gasteiger charge is -2.37. The number of H-pyrrole nitrogens is 1. The minimum Gasteiger partial charge on any atom is -0.358 e. The van der Waals surface area contributed by atoms with Crippen LogP contribution in [-0.2, 0) is 19.9 Å². The maximum absolute atomic E-state index is 12.5. The fourth-order valence-electron chi connectivity index (χ4n) is 5.00. The first-order valence-electron chi connectivity index (χ1n) is 12.3. The third-order valence-corrected chi connectivity index (χ3v) is 6.92. The van der Waals surface area contributed by atoms with Crippen molar-refractivity contribution in [3.05, 3.63) is 140 Å². The summed E-state index contributed by atoms with van der Waals surface area (Å²) in [7, 11) is 0. The number of ether oxygens (including phenoxy) is 2. The first-order valence-corrected chi connectivity index (χ1v) is 12.3. The van der Waals surface area contributed by atoms with E-state index < -0.39 is 35.1 Å². The van der Waals surface area contributed by atoms with Gasteiger partial charge in [-0.25, -0.2) is 4.79 Å². The molecule has 0 amide bonds. The lowest BCUT2D eigenvalue weighted by molar-refractivity contribution is -0.117. The normalized spacial score (nSPS) is 19.5. The van der Waals surface area contributed by atoms with Gasteiger partial charge in [-0.3, -0.25) is 14.3 Å². The number of carbonyl (C=O) groups is 1. The molecule has 0 bridgehead atoms. The molecule has 37 heavy (non-hydrogen) atoms. The highest BCUT2D eigenvalue weighted by molar-refractivity contribution is 5.55. The van der Waals surface area contributed by atoms with Gasteiger partial charge >= 0.3 is 5.69 Å². The van der Waals surface area contributed by atoms with Gasteiger partial charge in [0.2, 0.25) is 0 Å². The summed E-state index contributed by atoms with van der Waals surface area (Å²) in [4.78, 5) is 38.6. The maximum Gasteiger partial charge on any atom is 0.330 e. The van der Waals surface area contributed by atoms with Crippen molar-refractivity contribution in [2.24, 2.45) is 5.92 Å². The molecule has 7 heteroatoms. The van der Waals surface area contributed by atoms with E-state index in [1.54, 1.807) is 6.92 Å². The Bertz CT molecular complexity index is 1370. The summed E-state index contributed by atoms with van der Waals surface area (Å²) in [6.07, 6.45) is 1.35. The van der Waals surface area contributed by atoms with Gasteiger partial charge in [0.1, 0.15) is 18.1 Å². The minimum atomic E-state index is -0.954. The Kier molecular flexibility index (Phi) is 6.99. The van der Waals surface area contributed by atoms with Crippen LogP contribution >= 0.6 is 0 Å². The van der Waals surface area contributed by atoms with Crippen molar-refractivity contribution in [3.63, 3.8) is 0 Å². The van der Waals surface area contributed by atoms with E-state index in [-0.39, 0.29) is 6.61 Å². The average molecular weight is 497 g/mol. The van der Waals surface area contributed by atoms with E-state index in [0.717, 1.165) is 23.0 Å². The number of rotatable bonds is 8. The summed E-state index contributed by atoms with van der Waals surface area (Å²) in [5.74, 6) is -0.482. The zero-order chi connectivity index (χ0) is 25.8. The molecule has 5 rings (SSSR count). The number of nitrogens with one attached hydrogen (secondary N) is 1. The van der Waals surface area contributed by atoms with E-state index in [2.05, 4.69) is 4.98 Å². The number of hydrogen-bond acceptors (Lipinski definition) is 5. The molecule has 3 aromatic carbocycles. The molecule has 1 aromatic heterocycles. The maximum atomic E-state index is 12.5. The quantitative estimate of drug-likeness (QED) is 0.295. The van der Waals surface area contributed by atoms with Gasteiger partial charge in [0.15, 0.2) is 0 Å². The molecule has 1 aliphatic rings. The van der Waals surface area contributed by atoms with Crippen LogP contribution in [0.1, 0.15) is 34.9 Å². The first-order chi connectivity index (χ1) is 18.0. The standard InChI is InChI=1S/C30H28N2O5/c1-21-18-32(29(35)31-28(21)34)27-17-22(19-33)26(37-27)20-36-30(23-11-5-2-6-12-23,24-13-7-3-8-14-24)25-15-9-4-10-16-25/h2-16,18-19,22,26-27H,17,20H2,1H3,(H,31,34,35). The second kappa shape index (κ2) is 10.5. The van der Waals surface area contributed by atoms with Crippen LogP contribution in [0, 0.1) is 12.8 Å². The molecular weight excluding hydrogens is 468 g/mol. The molecule has 7 nitrogen and oxygen atoms in total. The Balaban J connectivity index is 1.52. The second-order valence-corrected chi connectivity index (χ2v) is 9.23. The van der Waals surface area contributed by atoms with Gasteiger partial charge in [-0.2, -0.15) is 0 Å². The van der Waals surface area contributed by atoms with Crippen molar-refractivity contribution in [1.29, 1.82) is 0 Å². The van der Waals surface area contributed by atoms with Crippen molar-refractivity contribution >= 4 is 6.29 Å². The van der Waals surface area contributed by atoms with E-state index in [4.69, 9.17) is 9.47 Å². The molecule has 1 aliphatic heterocycles. The van der Waals surface area contributed by atoms with E-state index in [1.807, 2.05) is 91.0 Å². The predicted octanol–water partition coefficient (Wildman–Crippen LogP) is 3.96. The molecule has 1 saturated heterocycles. The lowest BCUT2D eigenvalue weighted by Crippen LogP contribution is -2.37. The Hall–Kier alpha value is -4.07. The fraction of sp³-hybridized carbons (Fsp3) is 0.233. The third-order valence-electron chi connectivity index (χ3n) is 6.92. The lowest BCUT2D eigenvalue weighted by atomic mass is 9.80. The first kappa shape index (κ1) is 24.6. The van der Waals surface area contributed by atoms with Crippen molar-refractivity contribution in [2.45, 2.75) is 31.3 Å². The Morgan fingerprint density at radius 1 is 0.919 bits per heavy atom. The van der Waals surface area contributed by atoms with Crippen molar-refractivity contribution in [2.75, 3.05) is 6.61 Å². The number of hydrogen-bond donors (Lipinski definition) is 1. The zero-order valence-electron chi connectivity index (χ0n) is 20.4. The Morgan fingerprint density at radius 2 is 1.43 bits per heavy atom. The largest absolute Gasteiger partial charge is 0.358 e. The topological polar surface area (TPSA) is 90.4 Å². The third kappa shape index (κ3) is 4.71. The SMILES string of the molecule is Cc1cn(C2CC(C=O)C(COC(c3ccccc3)(c3ccccc3)c3ccccc3)O2)c(=O)[nH]c1=O. The highest BCUT2D eigenvalue weighted by Crippen LogP contribution is 2.42. The molecular formula is C30H28N2O5. The minimum absolute atomic E-state index is 0.107. The van der Waals surface area contributed by atoms with Crippen LogP contribution in [-0.4, -0.2) is 28.5 Å². The van der Waals surface area contributed by atoms with E-state index in [0.29, 0.717) is 12.0 Å². The van der Waals surface area contributed by atoms with Crippen LogP contribution < -0.4 is 11.2 Å².